The smallest absolute Gasteiger partial charge is 0.251 e. The van der Waals surface area contributed by atoms with Gasteiger partial charge in [0.25, 0.3) is 5.91 Å². The fraction of sp³-hybridized carbons (Fsp3) is 0.562. The lowest BCUT2D eigenvalue weighted by molar-refractivity contribution is -0.108. The zero-order valence-corrected chi connectivity index (χ0v) is 24.1. The first-order valence-electron chi connectivity index (χ1n) is 14.6. The molecule has 4 aliphatic rings. The van der Waals surface area contributed by atoms with Gasteiger partial charge in [-0.05, 0) is 97.7 Å². The monoisotopic (exact) mass is 533 g/mol. The van der Waals surface area contributed by atoms with Gasteiger partial charge in [0.05, 0.1) is 6.04 Å². The number of guanidine groups is 1. The zero-order valence-electron chi connectivity index (χ0n) is 24.1. The molecule has 5 atom stereocenters. The molecule has 7 heteroatoms. The van der Waals surface area contributed by atoms with Gasteiger partial charge in [-0.1, -0.05) is 32.9 Å². The van der Waals surface area contributed by atoms with Gasteiger partial charge in [-0.2, -0.15) is 0 Å². The van der Waals surface area contributed by atoms with Crippen LogP contribution in [0.1, 0.15) is 62.0 Å². The Morgan fingerprint density at radius 1 is 1.15 bits per heavy atom. The summed E-state index contributed by atoms with van der Waals surface area (Å²) in [6.07, 6.45) is 2.96. The number of hydrogen-bond acceptors (Lipinski definition) is 3. The third-order valence-corrected chi connectivity index (χ3v) is 9.56. The van der Waals surface area contributed by atoms with Gasteiger partial charge in [-0.15, -0.1) is 0 Å². The second-order valence-electron chi connectivity index (χ2n) is 12.6. The molecule has 3 saturated carbocycles. The van der Waals surface area contributed by atoms with E-state index >= 15 is 0 Å². The molecule has 1 saturated heterocycles. The Morgan fingerprint density at radius 3 is 2.59 bits per heavy atom. The molecule has 39 heavy (non-hydrogen) atoms. The quantitative estimate of drug-likeness (QED) is 0.351. The number of amides is 1. The summed E-state index contributed by atoms with van der Waals surface area (Å²) in [5.41, 5.74) is 3.45. The van der Waals surface area contributed by atoms with Gasteiger partial charge >= 0.3 is 0 Å². The molecule has 2 aromatic rings. The highest BCUT2D eigenvalue weighted by Gasteiger charge is 2.56. The number of fused-ring (bicyclic) bond motifs is 2. The van der Waals surface area contributed by atoms with Crippen LogP contribution in [-0.2, 0) is 6.42 Å². The molecule has 1 amide bonds. The van der Waals surface area contributed by atoms with Crippen LogP contribution in [0.5, 0.6) is 0 Å². The van der Waals surface area contributed by atoms with Crippen LogP contribution in [0.2, 0.25) is 0 Å². The van der Waals surface area contributed by atoms with Crippen LogP contribution >= 0.6 is 0 Å². The van der Waals surface area contributed by atoms with E-state index in [1.54, 1.807) is 6.07 Å². The van der Waals surface area contributed by atoms with Crippen LogP contribution in [0.4, 0.5) is 10.1 Å². The maximum atomic E-state index is 14.1. The van der Waals surface area contributed by atoms with Gasteiger partial charge in [0.15, 0.2) is 5.96 Å². The molecule has 1 aliphatic heterocycles. The highest BCUT2D eigenvalue weighted by molar-refractivity contribution is 5.96. The van der Waals surface area contributed by atoms with Crippen molar-refractivity contribution in [2.75, 3.05) is 31.5 Å². The second-order valence-corrected chi connectivity index (χ2v) is 12.6. The molecule has 6 rings (SSSR count). The number of anilines is 1. The lowest BCUT2D eigenvalue weighted by Crippen LogP contribution is -2.57. The molecule has 1 unspecified atom stereocenters. The third kappa shape index (κ3) is 5.98. The van der Waals surface area contributed by atoms with Crippen LogP contribution in [0, 0.1) is 35.9 Å². The van der Waals surface area contributed by atoms with E-state index in [1.165, 1.54) is 12.5 Å². The average molecular weight is 534 g/mol. The Bertz CT molecular complexity index is 1210. The molecule has 2 aromatic carbocycles. The summed E-state index contributed by atoms with van der Waals surface area (Å²) in [5, 5.41) is 10.0. The molecule has 1 heterocycles. The van der Waals surface area contributed by atoms with E-state index in [4.69, 9.17) is 4.99 Å². The Morgan fingerprint density at radius 2 is 1.92 bits per heavy atom. The van der Waals surface area contributed by atoms with Crippen LogP contribution in [-0.4, -0.2) is 55.0 Å². The molecule has 210 valence electrons. The highest BCUT2D eigenvalue weighted by atomic mass is 19.1. The standard InChI is InChI=1S/C32H44FN5O/c1-20-6-7-23(28(33)16-20)12-13-35-30(39)24-8-10-26(11-9-24)36-31(38-15-14-34-21(2)19-38)37-29-18-25-17-27(22(29)3)32(25,4)5/h6-11,16,21-22,25,27,29,34H,12-15,17-19H2,1-5H3,(H,35,39)(H,36,37)/t21-,22-,25-,27+,29?/m0/s1. The van der Waals surface area contributed by atoms with Crippen molar-refractivity contribution in [1.29, 1.82) is 0 Å². The van der Waals surface area contributed by atoms with Gasteiger partial charge in [0, 0.05) is 43.5 Å². The molecular weight excluding hydrogens is 489 g/mol. The minimum atomic E-state index is -0.223. The SMILES string of the molecule is Cc1ccc(CCNC(=O)c2ccc(NC(=NC3C[C@@H]4C[C@H]([C@@H]3C)C4(C)C)N3CCN[C@@H](C)C3)cc2)c(F)c1. The van der Waals surface area contributed by atoms with Crippen molar-refractivity contribution in [3.8, 4) is 0 Å². The Balaban J connectivity index is 1.24. The minimum Gasteiger partial charge on any atom is -0.352 e. The van der Waals surface area contributed by atoms with E-state index < -0.39 is 0 Å². The van der Waals surface area contributed by atoms with Crippen molar-refractivity contribution in [2.45, 2.75) is 66.0 Å². The number of aliphatic imine (C=N–C) groups is 1. The van der Waals surface area contributed by atoms with Crippen molar-refractivity contribution < 1.29 is 9.18 Å². The summed E-state index contributed by atoms with van der Waals surface area (Å²) in [4.78, 5) is 20.4. The Labute approximate surface area is 232 Å². The van der Waals surface area contributed by atoms with E-state index in [-0.39, 0.29) is 11.7 Å². The molecule has 6 nitrogen and oxygen atoms in total. The molecular formula is C32H44FN5O. The number of nitrogens with one attached hydrogen (secondary N) is 3. The number of nitrogens with zero attached hydrogens (tertiary/aromatic N) is 2. The van der Waals surface area contributed by atoms with Crippen molar-refractivity contribution in [3.63, 3.8) is 0 Å². The van der Waals surface area contributed by atoms with Crippen molar-refractivity contribution in [2.24, 2.45) is 28.2 Å². The summed E-state index contributed by atoms with van der Waals surface area (Å²) in [6, 6.07) is 13.5. The molecule has 2 bridgehead atoms. The summed E-state index contributed by atoms with van der Waals surface area (Å²) in [7, 11) is 0. The Kier molecular flexibility index (Phi) is 7.99. The van der Waals surface area contributed by atoms with Crippen LogP contribution in [0.3, 0.4) is 0 Å². The number of aryl methyl sites for hydroxylation is 1. The zero-order chi connectivity index (χ0) is 27.7. The van der Waals surface area contributed by atoms with E-state index in [1.807, 2.05) is 37.3 Å². The van der Waals surface area contributed by atoms with Crippen LogP contribution in [0.25, 0.3) is 0 Å². The summed E-state index contributed by atoms with van der Waals surface area (Å²) >= 11 is 0. The number of benzene rings is 2. The third-order valence-electron chi connectivity index (χ3n) is 9.56. The van der Waals surface area contributed by atoms with Gasteiger partial charge in [0.1, 0.15) is 5.82 Å². The van der Waals surface area contributed by atoms with Gasteiger partial charge in [0.2, 0.25) is 0 Å². The number of piperazine rings is 1. The van der Waals surface area contributed by atoms with Crippen LogP contribution < -0.4 is 16.0 Å². The molecule has 3 aliphatic carbocycles. The Hall–Kier alpha value is -2.93. The van der Waals surface area contributed by atoms with Gasteiger partial charge in [-0.3, -0.25) is 4.79 Å². The maximum absolute atomic E-state index is 14.1. The number of carbonyl (C=O) groups is 1. The predicted molar refractivity (Wildman–Crippen MR) is 157 cm³/mol. The molecule has 0 aromatic heterocycles. The maximum Gasteiger partial charge on any atom is 0.251 e. The lowest BCUT2D eigenvalue weighted by atomic mass is 9.45. The van der Waals surface area contributed by atoms with Crippen molar-refractivity contribution in [3.05, 3.63) is 65.0 Å². The minimum absolute atomic E-state index is 0.156. The number of rotatable bonds is 6. The van der Waals surface area contributed by atoms with Gasteiger partial charge in [-0.25, -0.2) is 9.38 Å². The fourth-order valence-electron chi connectivity index (χ4n) is 6.87. The highest BCUT2D eigenvalue weighted by Crippen LogP contribution is 2.61. The normalized spacial score (nSPS) is 28.0. The predicted octanol–water partition coefficient (Wildman–Crippen LogP) is 5.24. The lowest BCUT2D eigenvalue weighted by Gasteiger charge is -2.61. The number of halogens is 1. The van der Waals surface area contributed by atoms with E-state index in [0.29, 0.717) is 47.5 Å². The van der Waals surface area contributed by atoms with Crippen molar-refractivity contribution in [1.82, 2.24) is 15.5 Å². The first-order valence-corrected chi connectivity index (χ1v) is 14.6. The summed E-state index contributed by atoms with van der Waals surface area (Å²) in [5.74, 6) is 2.64. The molecule has 0 spiro atoms. The summed E-state index contributed by atoms with van der Waals surface area (Å²) < 4.78 is 14.1. The number of carbonyl (C=O) groups excluding carboxylic acids is 1. The first-order chi connectivity index (χ1) is 18.6. The van der Waals surface area contributed by atoms with E-state index in [2.05, 4.69) is 48.5 Å². The fourth-order valence-corrected chi connectivity index (χ4v) is 6.87. The first kappa shape index (κ1) is 27.6. The largest absolute Gasteiger partial charge is 0.352 e. The van der Waals surface area contributed by atoms with Gasteiger partial charge < -0.3 is 20.9 Å². The molecule has 0 radical (unpaired) electrons. The average Bonchev–Trinajstić information content (AvgIpc) is 2.90. The number of hydrogen-bond donors (Lipinski definition) is 3. The molecule has 3 N–H and O–H groups in total. The second kappa shape index (κ2) is 11.3. The summed E-state index contributed by atoms with van der Waals surface area (Å²) in [6.45, 7) is 14.5. The topological polar surface area (TPSA) is 68.8 Å². The van der Waals surface area contributed by atoms with Crippen LogP contribution in [0.15, 0.2) is 47.5 Å². The molecule has 4 fully saturated rings. The van der Waals surface area contributed by atoms with E-state index in [9.17, 15) is 9.18 Å². The van der Waals surface area contributed by atoms with E-state index in [0.717, 1.165) is 55.1 Å². The van der Waals surface area contributed by atoms with Crippen molar-refractivity contribution >= 4 is 17.6 Å².